The van der Waals surface area contributed by atoms with Gasteiger partial charge in [-0.2, -0.15) is 0 Å². The van der Waals surface area contributed by atoms with Crippen molar-refractivity contribution in [2.45, 2.75) is 44.2 Å². The number of hydrogen-bond acceptors (Lipinski definition) is 3. The van der Waals surface area contributed by atoms with E-state index in [2.05, 4.69) is 5.32 Å². The molecular weight excluding hydrogens is 350 g/mol. The molecule has 1 fully saturated rings. The van der Waals surface area contributed by atoms with E-state index in [-0.39, 0.29) is 18.4 Å². The minimum Gasteiger partial charge on any atom is -0.325 e. The number of anilines is 1. The van der Waals surface area contributed by atoms with Crippen LogP contribution in [0.2, 0.25) is 0 Å². The summed E-state index contributed by atoms with van der Waals surface area (Å²) in [4.78, 5) is 32.7. The molecule has 2 aromatic carbocycles. The van der Waals surface area contributed by atoms with Crippen LogP contribution in [0.5, 0.6) is 0 Å². The fourth-order valence-corrected chi connectivity index (χ4v) is 4.18. The second-order valence-corrected chi connectivity index (χ2v) is 7.53. The molecule has 5 nitrogen and oxygen atoms in total. The second kappa shape index (κ2) is 7.97. The first kappa shape index (κ1) is 18.4. The predicted molar refractivity (Wildman–Crippen MR) is 110 cm³/mol. The quantitative estimate of drug-likeness (QED) is 0.878. The van der Waals surface area contributed by atoms with Gasteiger partial charge in [-0.3, -0.25) is 14.6 Å². The maximum absolute atomic E-state index is 13.3. The summed E-state index contributed by atoms with van der Waals surface area (Å²) >= 11 is 0. The largest absolute Gasteiger partial charge is 0.325 e. The van der Waals surface area contributed by atoms with Crippen LogP contribution in [0.3, 0.4) is 0 Å². The number of hydrogen-bond donors (Lipinski definition) is 1. The summed E-state index contributed by atoms with van der Waals surface area (Å²) in [6.45, 7) is 0.0214. The SMILES string of the molecule is O=C(CN1C(=O)C(c2ccccc2)=NC12CCCCCC2)Nc1ccccc1. The van der Waals surface area contributed by atoms with E-state index in [1.54, 1.807) is 4.90 Å². The van der Waals surface area contributed by atoms with Crippen LogP contribution in [0.4, 0.5) is 5.69 Å². The van der Waals surface area contributed by atoms with Gasteiger partial charge in [0.25, 0.3) is 5.91 Å². The number of nitrogens with one attached hydrogen (secondary N) is 1. The van der Waals surface area contributed by atoms with Gasteiger partial charge in [-0.15, -0.1) is 0 Å². The average Bonchev–Trinajstić information content (AvgIpc) is 2.87. The lowest BCUT2D eigenvalue weighted by Gasteiger charge is -2.35. The number of para-hydroxylation sites is 1. The van der Waals surface area contributed by atoms with Crippen LogP contribution in [-0.4, -0.2) is 34.6 Å². The van der Waals surface area contributed by atoms with Crippen molar-refractivity contribution < 1.29 is 9.59 Å². The number of amides is 2. The van der Waals surface area contributed by atoms with Gasteiger partial charge in [0.15, 0.2) is 0 Å². The molecule has 1 saturated carbocycles. The summed E-state index contributed by atoms with van der Waals surface area (Å²) in [5, 5.41) is 2.90. The Kier molecular flexibility index (Phi) is 5.24. The fourth-order valence-electron chi connectivity index (χ4n) is 4.18. The first-order valence-corrected chi connectivity index (χ1v) is 10.0. The van der Waals surface area contributed by atoms with Crippen molar-refractivity contribution in [3.05, 3.63) is 66.2 Å². The molecular formula is C23H25N3O2. The zero-order chi connectivity index (χ0) is 19.4. The molecule has 4 rings (SSSR count). The molecule has 5 heteroatoms. The van der Waals surface area contributed by atoms with Crippen LogP contribution < -0.4 is 5.32 Å². The highest BCUT2D eigenvalue weighted by Gasteiger charge is 2.47. The number of benzene rings is 2. The van der Waals surface area contributed by atoms with Crippen LogP contribution in [0, 0.1) is 0 Å². The second-order valence-electron chi connectivity index (χ2n) is 7.53. The maximum atomic E-state index is 13.3. The highest BCUT2D eigenvalue weighted by atomic mass is 16.2. The normalized spacial score (nSPS) is 18.6. The van der Waals surface area contributed by atoms with E-state index >= 15 is 0 Å². The smallest absolute Gasteiger partial charge is 0.275 e. The highest BCUT2D eigenvalue weighted by Crippen LogP contribution is 2.38. The lowest BCUT2D eigenvalue weighted by molar-refractivity contribution is -0.133. The lowest BCUT2D eigenvalue weighted by Crippen LogP contribution is -2.50. The number of rotatable bonds is 4. The molecule has 1 spiro atoms. The van der Waals surface area contributed by atoms with Crippen molar-refractivity contribution in [3.63, 3.8) is 0 Å². The summed E-state index contributed by atoms with van der Waals surface area (Å²) in [5.41, 5.74) is 1.45. The minimum absolute atomic E-state index is 0.0214. The Morgan fingerprint density at radius 3 is 2.18 bits per heavy atom. The first-order chi connectivity index (χ1) is 13.7. The van der Waals surface area contributed by atoms with E-state index in [1.807, 2.05) is 60.7 Å². The van der Waals surface area contributed by atoms with Gasteiger partial charge in [0, 0.05) is 11.3 Å². The minimum atomic E-state index is -0.590. The van der Waals surface area contributed by atoms with Crippen LogP contribution >= 0.6 is 0 Å². The Balaban J connectivity index is 1.61. The summed E-state index contributed by atoms with van der Waals surface area (Å²) in [6, 6.07) is 18.9. The molecule has 1 aliphatic heterocycles. The summed E-state index contributed by atoms with van der Waals surface area (Å²) < 4.78 is 0. The third kappa shape index (κ3) is 3.70. The molecule has 2 aromatic rings. The molecule has 1 heterocycles. The van der Waals surface area contributed by atoms with Crippen molar-refractivity contribution >= 4 is 23.2 Å². The summed E-state index contributed by atoms with van der Waals surface area (Å²) in [5.74, 6) is -0.330. The molecule has 28 heavy (non-hydrogen) atoms. The topological polar surface area (TPSA) is 61.8 Å². The molecule has 0 unspecified atom stereocenters. The molecule has 0 saturated heterocycles. The molecule has 0 bridgehead atoms. The Bertz CT molecular complexity index is 869. The van der Waals surface area contributed by atoms with E-state index in [1.165, 1.54) is 0 Å². The van der Waals surface area contributed by atoms with E-state index < -0.39 is 5.66 Å². The zero-order valence-corrected chi connectivity index (χ0v) is 15.9. The average molecular weight is 375 g/mol. The van der Waals surface area contributed by atoms with Crippen LogP contribution in [0.25, 0.3) is 0 Å². The molecule has 1 aliphatic carbocycles. The predicted octanol–water partition coefficient (Wildman–Crippen LogP) is 4.01. The maximum Gasteiger partial charge on any atom is 0.275 e. The van der Waals surface area contributed by atoms with E-state index in [4.69, 9.17) is 4.99 Å². The Morgan fingerprint density at radius 1 is 0.929 bits per heavy atom. The van der Waals surface area contributed by atoms with Gasteiger partial charge in [0.2, 0.25) is 5.91 Å². The van der Waals surface area contributed by atoms with Gasteiger partial charge >= 0.3 is 0 Å². The van der Waals surface area contributed by atoms with Gasteiger partial charge in [-0.25, -0.2) is 0 Å². The van der Waals surface area contributed by atoms with E-state index in [0.29, 0.717) is 5.71 Å². The first-order valence-electron chi connectivity index (χ1n) is 10.0. The highest BCUT2D eigenvalue weighted by molar-refractivity contribution is 6.47. The Hall–Kier alpha value is -2.95. The van der Waals surface area contributed by atoms with Crippen molar-refractivity contribution in [1.82, 2.24) is 4.90 Å². The Labute approximate surface area is 165 Å². The van der Waals surface area contributed by atoms with Gasteiger partial charge in [0.1, 0.15) is 17.9 Å². The molecule has 0 aromatic heterocycles. The lowest BCUT2D eigenvalue weighted by atomic mass is 10.00. The van der Waals surface area contributed by atoms with Crippen molar-refractivity contribution in [2.24, 2.45) is 4.99 Å². The number of carbonyl (C=O) groups excluding carboxylic acids is 2. The van der Waals surface area contributed by atoms with Crippen LogP contribution in [0.15, 0.2) is 65.7 Å². The number of nitrogens with zero attached hydrogens (tertiary/aromatic N) is 2. The van der Waals surface area contributed by atoms with Crippen LogP contribution in [0.1, 0.15) is 44.1 Å². The molecule has 1 N–H and O–H groups in total. The molecule has 0 atom stereocenters. The standard InChI is InChI=1S/C23H25N3O2/c27-20(24-19-13-7-4-8-14-19)17-26-22(28)21(18-11-5-3-6-12-18)25-23(26)15-9-1-2-10-16-23/h3-8,11-14H,1-2,9-10,15-17H2,(H,24,27). The Morgan fingerprint density at radius 2 is 1.54 bits per heavy atom. The summed E-state index contributed by atoms with van der Waals surface area (Å²) in [6.07, 6.45) is 5.97. The number of carbonyl (C=O) groups is 2. The van der Waals surface area contributed by atoms with Crippen molar-refractivity contribution in [1.29, 1.82) is 0 Å². The zero-order valence-electron chi connectivity index (χ0n) is 15.9. The van der Waals surface area contributed by atoms with E-state index in [0.717, 1.165) is 49.8 Å². The monoisotopic (exact) mass is 375 g/mol. The van der Waals surface area contributed by atoms with Crippen molar-refractivity contribution in [2.75, 3.05) is 11.9 Å². The number of aliphatic imine (C=N–C) groups is 1. The van der Waals surface area contributed by atoms with Gasteiger partial charge in [-0.05, 0) is 37.8 Å². The van der Waals surface area contributed by atoms with Gasteiger partial charge < -0.3 is 10.2 Å². The third-order valence-corrected chi connectivity index (χ3v) is 5.58. The fraction of sp³-hybridized carbons (Fsp3) is 0.348. The molecule has 0 radical (unpaired) electrons. The van der Waals surface area contributed by atoms with Gasteiger partial charge in [-0.1, -0.05) is 61.4 Å². The van der Waals surface area contributed by atoms with E-state index in [9.17, 15) is 9.59 Å². The molecule has 144 valence electrons. The van der Waals surface area contributed by atoms with Gasteiger partial charge in [0.05, 0.1) is 0 Å². The molecule has 2 aliphatic rings. The van der Waals surface area contributed by atoms with Crippen LogP contribution in [-0.2, 0) is 9.59 Å². The summed E-state index contributed by atoms with van der Waals surface area (Å²) in [7, 11) is 0. The third-order valence-electron chi connectivity index (χ3n) is 5.58. The molecule has 2 amide bonds. The van der Waals surface area contributed by atoms with Crippen molar-refractivity contribution in [3.8, 4) is 0 Å².